The van der Waals surface area contributed by atoms with Gasteiger partial charge in [0.1, 0.15) is 28.8 Å². The molecule has 0 spiro atoms. The molecule has 0 saturated heterocycles. The van der Waals surface area contributed by atoms with E-state index < -0.39 is 7.26 Å². The molecule has 0 aliphatic heterocycles. The highest BCUT2D eigenvalue weighted by molar-refractivity contribution is 8.01. The normalized spacial score (nSPS) is 11.9. The first-order valence-corrected chi connectivity index (χ1v) is 12.4. The Bertz CT molecular complexity index is 769. The second-order valence-electron chi connectivity index (χ2n) is 6.40. The largest absolute Gasteiger partial charge is 1.00 e. The van der Waals surface area contributed by atoms with Gasteiger partial charge in [0, 0.05) is 5.75 Å². The quantitative estimate of drug-likeness (QED) is 0.338. The van der Waals surface area contributed by atoms with Crippen molar-refractivity contribution in [1.82, 2.24) is 0 Å². The number of hydrogen-bond donors (Lipinski definition) is 0. The maximum absolute atomic E-state index is 9.70. The fourth-order valence-electron chi connectivity index (χ4n) is 3.74. The standard InChI is InChI=1S/C24H25NPS.HI/c1-2-27-20-24(18-19-25)26(21-12-6-3-7-13-21,22-14-8-4-9-15-22)23-16-10-5-11-17-23;/h3-17,24H,2,18,20H2,1H3;1H/q+1;/p-1. The number of thioether (sulfide) groups is 1. The molecule has 0 aliphatic carbocycles. The van der Waals surface area contributed by atoms with Crippen LogP contribution >= 0.6 is 19.0 Å². The van der Waals surface area contributed by atoms with E-state index in [0.717, 1.165) is 11.5 Å². The maximum atomic E-state index is 9.70. The van der Waals surface area contributed by atoms with E-state index in [-0.39, 0.29) is 24.0 Å². The van der Waals surface area contributed by atoms with Crippen molar-refractivity contribution in [3.05, 3.63) is 91.0 Å². The van der Waals surface area contributed by atoms with Gasteiger partial charge in [-0.05, 0) is 42.2 Å². The molecule has 1 unspecified atom stereocenters. The van der Waals surface area contributed by atoms with Crippen LogP contribution < -0.4 is 39.9 Å². The highest BCUT2D eigenvalue weighted by Crippen LogP contribution is 2.61. The second kappa shape index (κ2) is 11.6. The van der Waals surface area contributed by atoms with Crippen LogP contribution in [-0.4, -0.2) is 17.2 Å². The third-order valence-corrected chi connectivity index (χ3v) is 11.0. The molecule has 144 valence electrons. The Balaban J connectivity index is 0.00000280. The monoisotopic (exact) mass is 517 g/mol. The van der Waals surface area contributed by atoms with Crippen molar-refractivity contribution < 1.29 is 24.0 Å². The van der Waals surface area contributed by atoms with Gasteiger partial charge in [-0.2, -0.15) is 17.0 Å². The van der Waals surface area contributed by atoms with Gasteiger partial charge >= 0.3 is 0 Å². The average Bonchev–Trinajstić information content (AvgIpc) is 2.75. The Labute approximate surface area is 190 Å². The summed E-state index contributed by atoms with van der Waals surface area (Å²) in [5.41, 5.74) is 0.291. The van der Waals surface area contributed by atoms with Gasteiger partial charge in [-0.15, -0.1) is 0 Å². The minimum absolute atomic E-state index is 0. The van der Waals surface area contributed by atoms with Gasteiger partial charge in [-0.25, -0.2) is 0 Å². The van der Waals surface area contributed by atoms with E-state index in [9.17, 15) is 5.26 Å². The number of hydrogen-bond acceptors (Lipinski definition) is 2. The molecule has 3 aromatic carbocycles. The van der Waals surface area contributed by atoms with Gasteiger partial charge in [0.15, 0.2) is 0 Å². The number of nitrogens with zero attached hydrogens (tertiary/aromatic N) is 1. The van der Waals surface area contributed by atoms with E-state index in [0.29, 0.717) is 12.1 Å². The zero-order chi connectivity index (χ0) is 19.0. The molecule has 1 nitrogen and oxygen atoms in total. The van der Waals surface area contributed by atoms with Gasteiger partial charge in [-0.1, -0.05) is 61.5 Å². The molecule has 0 bridgehead atoms. The number of rotatable bonds is 8. The summed E-state index contributed by atoms with van der Waals surface area (Å²) in [5, 5.41) is 13.8. The minimum atomic E-state index is -1.95. The van der Waals surface area contributed by atoms with Crippen molar-refractivity contribution in [1.29, 1.82) is 5.26 Å². The summed E-state index contributed by atoms with van der Waals surface area (Å²) in [4.78, 5) is 0. The predicted octanol–water partition coefficient (Wildman–Crippen LogP) is 2.02. The van der Waals surface area contributed by atoms with Crippen molar-refractivity contribution in [2.75, 3.05) is 11.5 Å². The third kappa shape index (κ3) is 4.79. The van der Waals surface area contributed by atoms with Gasteiger partial charge in [-0.3, -0.25) is 0 Å². The van der Waals surface area contributed by atoms with Gasteiger partial charge in [0.2, 0.25) is 0 Å². The summed E-state index contributed by atoms with van der Waals surface area (Å²) >= 11 is 1.94. The molecule has 4 heteroatoms. The fourth-order valence-corrected chi connectivity index (χ4v) is 10.0. The molecule has 0 aliphatic rings. The van der Waals surface area contributed by atoms with E-state index in [4.69, 9.17) is 0 Å². The van der Waals surface area contributed by atoms with Crippen LogP contribution in [0.4, 0.5) is 0 Å². The smallest absolute Gasteiger partial charge is 0.116 e. The van der Waals surface area contributed by atoms with Gasteiger partial charge in [0.05, 0.1) is 12.5 Å². The lowest BCUT2D eigenvalue weighted by atomic mass is 10.3. The summed E-state index contributed by atoms with van der Waals surface area (Å²) in [6.07, 6.45) is 0.569. The summed E-state index contributed by atoms with van der Waals surface area (Å²) in [5.74, 6) is 2.07. The van der Waals surface area contributed by atoms with E-state index in [1.807, 2.05) is 11.8 Å². The van der Waals surface area contributed by atoms with Gasteiger partial charge < -0.3 is 24.0 Å². The van der Waals surface area contributed by atoms with Crippen molar-refractivity contribution in [2.24, 2.45) is 0 Å². The SMILES string of the molecule is CCSCC(CC#N)[P+](c1ccccc1)(c1ccccc1)c1ccccc1.[I-]. The first-order valence-electron chi connectivity index (χ1n) is 9.34. The van der Waals surface area contributed by atoms with Crippen LogP contribution in [0.2, 0.25) is 0 Å². The number of nitriles is 1. The molecule has 0 aromatic heterocycles. The van der Waals surface area contributed by atoms with Crippen LogP contribution in [-0.2, 0) is 0 Å². The molecule has 0 radical (unpaired) electrons. The summed E-state index contributed by atoms with van der Waals surface area (Å²) < 4.78 is 0. The zero-order valence-electron chi connectivity index (χ0n) is 16.0. The van der Waals surface area contributed by atoms with Crippen molar-refractivity contribution in [3.63, 3.8) is 0 Å². The Hall–Kier alpha value is -1.34. The molecular weight excluding hydrogens is 492 g/mol. The Morgan fingerprint density at radius 1 is 0.786 bits per heavy atom. The number of benzene rings is 3. The second-order valence-corrected chi connectivity index (χ2v) is 11.4. The van der Waals surface area contributed by atoms with Gasteiger partial charge in [0.25, 0.3) is 0 Å². The first-order chi connectivity index (χ1) is 13.3. The predicted molar refractivity (Wildman–Crippen MR) is 122 cm³/mol. The molecule has 0 saturated carbocycles. The lowest BCUT2D eigenvalue weighted by Gasteiger charge is -2.33. The lowest BCUT2D eigenvalue weighted by molar-refractivity contribution is -0.00000552. The topological polar surface area (TPSA) is 23.8 Å². The molecule has 1 atom stereocenters. The molecule has 0 heterocycles. The van der Waals surface area contributed by atoms with Crippen molar-refractivity contribution >= 4 is 34.9 Å². The Morgan fingerprint density at radius 2 is 1.18 bits per heavy atom. The van der Waals surface area contributed by atoms with Crippen LogP contribution in [0.1, 0.15) is 13.3 Å². The Morgan fingerprint density at radius 3 is 1.50 bits per heavy atom. The van der Waals surface area contributed by atoms with Crippen LogP contribution in [0, 0.1) is 11.3 Å². The lowest BCUT2D eigenvalue weighted by Crippen LogP contribution is -3.00. The first kappa shape index (κ1) is 22.9. The molecule has 0 N–H and O–H groups in total. The average molecular weight is 517 g/mol. The number of halogens is 1. The Kier molecular flexibility index (Phi) is 9.51. The summed E-state index contributed by atoms with van der Waals surface area (Å²) in [6, 6.07) is 35.1. The minimum Gasteiger partial charge on any atom is -1.00 e. The maximum Gasteiger partial charge on any atom is 0.116 e. The molecule has 0 amide bonds. The van der Waals surface area contributed by atoms with E-state index in [1.54, 1.807) is 0 Å². The molecule has 3 rings (SSSR count). The highest BCUT2D eigenvalue weighted by Gasteiger charge is 2.51. The summed E-state index contributed by atoms with van der Waals surface area (Å²) in [7, 11) is -1.95. The molecule has 0 fully saturated rings. The van der Waals surface area contributed by atoms with Crippen LogP contribution in [0.25, 0.3) is 0 Å². The zero-order valence-corrected chi connectivity index (χ0v) is 19.9. The fraction of sp³-hybridized carbons (Fsp3) is 0.208. The van der Waals surface area contributed by atoms with E-state index in [1.165, 1.54) is 15.9 Å². The molecule has 28 heavy (non-hydrogen) atoms. The van der Waals surface area contributed by atoms with Crippen LogP contribution in [0.3, 0.4) is 0 Å². The van der Waals surface area contributed by atoms with E-state index in [2.05, 4.69) is 104 Å². The van der Waals surface area contributed by atoms with Crippen molar-refractivity contribution in [2.45, 2.75) is 19.0 Å². The molecular formula is C24H25INPS. The van der Waals surface area contributed by atoms with Crippen molar-refractivity contribution in [3.8, 4) is 6.07 Å². The molecule has 3 aromatic rings. The van der Waals surface area contributed by atoms with Crippen LogP contribution in [0.15, 0.2) is 91.0 Å². The van der Waals surface area contributed by atoms with Crippen LogP contribution in [0.5, 0.6) is 0 Å². The third-order valence-electron chi connectivity index (χ3n) is 4.88. The summed E-state index contributed by atoms with van der Waals surface area (Å²) in [6.45, 7) is 2.20. The van der Waals surface area contributed by atoms with E-state index >= 15 is 0 Å². The highest BCUT2D eigenvalue weighted by atomic mass is 127.